The Morgan fingerprint density at radius 2 is 2.33 bits per heavy atom. The van der Waals surface area contributed by atoms with Crippen LogP contribution in [0.1, 0.15) is 12.8 Å². The summed E-state index contributed by atoms with van der Waals surface area (Å²) in [6.45, 7) is 0.797. The van der Waals surface area contributed by atoms with Gasteiger partial charge in [0.25, 0.3) is 0 Å². The standard InChI is InChI=1S/C7H13N3O2/c8-6(11)4-10-7(12)5-2-1-3-9-5/h5,9H,1-4H2,(H2,8,11)(H,10,12)/t5-/m0/s1. The number of carbonyl (C=O) groups is 2. The van der Waals surface area contributed by atoms with Crippen LogP contribution in [0.15, 0.2) is 0 Å². The summed E-state index contributed by atoms with van der Waals surface area (Å²) in [7, 11) is 0. The summed E-state index contributed by atoms with van der Waals surface area (Å²) in [4.78, 5) is 21.5. The van der Waals surface area contributed by atoms with Gasteiger partial charge < -0.3 is 16.4 Å². The second kappa shape index (κ2) is 4.06. The van der Waals surface area contributed by atoms with E-state index < -0.39 is 5.91 Å². The van der Waals surface area contributed by atoms with E-state index >= 15 is 0 Å². The third kappa shape index (κ3) is 2.50. The van der Waals surface area contributed by atoms with Crippen molar-refractivity contribution in [3.63, 3.8) is 0 Å². The molecule has 0 spiro atoms. The Balaban J connectivity index is 2.23. The minimum atomic E-state index is -0.513. The van der Waals surface area contributed by atoms with Crippen molar-refractivity contribution in [2.24, 2.45) is 5.73 Å². The van der Waals surface area contributed by atoms with E-state index in [-0.39, 0.29) is 18.5 Å². The van der Waals surface area contributed by atoms with Gasteiger partial charge in [-0.25, -0.2) is 0 Å². The summed E-state index contributed by atoms with van der Waals surface area (Å²) < 4.78 is 0. The Kier molecular flexibility index (Phi) is 3.04. The van der Waals surface area contributed by atoms with Crippen molar-refractivity contribution in [3.8, 4) is 0 Å². The van der Waals surface area contributed by atoms with Gasteiger partial charge in [-0.1, -0.05) is 0 Å². The largest absolute Gasteiger partial charge is 0.368 e. The lowest BCUT2D eigenvalue weighted by atomic mass is 10.2. The highest BCUT2D eigenvalue weighted by molar-refractivity contribution is 5.86. The maximum atomic E-state index is 11.2. The molecule has 0 radical (unpaired) electrons. The topological polar surface area (TPSA) is 84.2 Å². The van der Waals surface area contributed by atoms with E-state index in [4.69, 9.17) is 5.73 Å². The summed E-state index contributed by atoms with van der Waals surface area (Å²) >= 11 is 0. The van der Waals surface area contributed by atoms with Crippen molar-refractivity contribution in [2.75, 3.05) is 13.1 Å². The maximum absolute atomic E-state index is 11.2. The molecule has 0 aromatic carbocycles. The van der Waals surface area contributed by atoms with Gasteiger partial charge in [-0.3, -0.25) is 9.59 Å². The quantitative estimate of drug-likeness (QED) is 0.475. The van der Waals surface area contributed by atoms with Crippen molar-refractivity contribution in [2.45, 2.75) is 18.9 Å². The van der Waals surface area contributed by atoms with Gasteiger partial charge in [0.15, 0.2) is 0 Å². The number of hydrogen-bond donors (Lipinski definition) is 3. The predicted molar refractivity (Wildman–Crippen MR) is 43.2 cm³/mol. The fourth-order valence-electron chi connectivity index (χ4n) is 1.21. The normalized spacial score (nSPS) is 22.2. The number of primary amides is 1. The van der Waals surface area contributed by atoms with Crippen molar-refractivity contribution < 1.29 is 9.59 Å². The van der Waals surface area contributed by atoms with Crippen LogP contribution in [-0.2, 0) is 9.59 Å². The van der Waals surface area contributed by atoms with Gasteiger partial charge in [0.2, 0.25) is 11.8 Å². The first-order chi connectivity index (χ1) is 5.70. The molecule has 0 aromatic rings. The van der Waals surface area contributed by atoms with Gasteiger partial charge in [0, 0.05) is 0 Å². The summed E-state index contributed by atoms with van der Waals surface area (Å²) in [5.74, 6) is -0.646. The van der Waals surface area contributed by atoms with Crippen molar-refractivity contribution in [1.29, 1.82) is 0 Å². The first-order valence-corrected chi connectivity index (χ1v) is 3.99. The van der Waals surface area contributed by atoms with Crippen LogP contribution < -0.4 is 16.4 Å². The molecule has 1 aliphatic rings. The molecule has 4 N–H and O–H groups in total. The number of nitrogens with two attached hydrogens (primary N) is 1. The molecule has 0 aliphatic carbocycles. The maximum Gasteiger partial charge on any atom is 0.237 e. The third-order valence-electron chi connectivity index (χ3n) is 1.81. The second-order valence-electron chi connectivity index (χ2n) is 2.83. The summed E-state index contributed by atoms with van der Waals surface area (Å²) in [5, 5.41) is 5.46. The van der Waals surface area contributed by atoms with Crippen LogP contribution >= 0.6 is 0 Å². The van der Waals surface area contributed by atoms with Crippen molar-refractivity contribution >= 4 is 11.8 Å². The molecular formula is C7H13N3O2. The second-order valence-corrected chi connectivity index (χ2v) is 2.83. The van der Waals surface area contributed by atoms with E-state index in [1.54, 1.807) is 0 Å². The molecule has 0 unspecified atom stereocenters. The molecule has 2 amide bonds. The van der Waals surface area contributed by atoms with Gasteiger partial charge in [0.1, 0.15) is 0 Å². The molecule has 12 heavy (non-hydrogen) atoms. The van der Waals surface area contributed by atoms with Gasteiger partial charge in [0.05, 0.1) is 12.6 Å². The van der Waals surface area contributed by atoms with Crippen LogP contribution in [-0.4, -0.2) is 30.9 Å². The molecule has 1 aliphatic heterocycles. The van der Waals surface area contributed by atoms with Crippen LogP contribution in [0.3, 0.4) is 0 Å². The van der Waals surface area contributed by atoms with Crippen LogP contribution in [0.5, 0.6) is 0 Å². The minimum Gasteiger partial charge on any atom is -0.368 e. The molecule has 0 aromatic heterocycles. The Labute approximate surface area is 70.7 Å². The Hall–Kier alpha value is -1.10. The number of hydrogen-bond acceptors (Lipinski definition) is 3. The zero-order chi connectivity index (χ0) is 8.97. The van der Waals surface area contributed by atoms with E-state index in [2.05, 4.69) is 10.6 Å². The van der Waals surface area contributed by atoms with Crippen LogP contribution in [0.4, 0.5) is 0 Å². The zero-order valence-electron chi connectivity index (χ0n) is 6.80. The number of amides is 2. The molecule has 68 valence electrons. The lowest BCUT2D eigenvalue weighted by Gasteiger charge is -2.08. The zero-order valence-corrected chi connectivity index (χ0v) is 6.80. The lowest BCUT2D eigenvalue weighted by molar-refractivity contribution is -0.126. The summed E-state index contributed by atoms with van der Waals surface area (Å²) in [5.41, 5.74) is 4.87. The highest BCUT2D eigenvalue weighted by Gasteiger charge is 2.21. The molecule has 5 heteroatoms. The first kappa shape index (κ1) is 8.99. The van der Waals surface area contributed by atoms with Crippen LogP contribution in [0.2, 0.25) is 0 Å². The van der Waals surface area contributed by atoms with E-state index in [9.17, 15) is 9.59 Å². The van der Waals surface area contributed by atoms with Crippen LogP contribution in [0.25, 0.3) is 0 Å². The fourth-order valence-corrected chi connectivity index (χ4v) is 1.21. The molecule has 5 nitrogen and oxygen atoms in total. The first-order valence-electron chi connectivity index (χ1n) is 3.99. The van der Waals surface area contributed by atoms with Gasteiger partial charge in [-0.15, -0.1) is 0 Å². The average Bonchev–Trinajstić information content (AvgIpc) is 2.51. The molecule has 1 rings (SSSR count). The number of carbonyl (C=O) groups excluding carboxylic acids is 2. The molecule has 0 bridgehead atoms. The van der Waals surface area contributed by atoms with Crippen molar-refractivity contribution in [1.82, 2.24) is 10.6 Å². The van der Waals surface area contributed by atoms with Gasteiger partial charge in [-0.05, 0) is 19.4 Å². The Bertz CT molecular complexity index is 187. The average molecular weight is 171 g/mol. The predicted octanol–water partition coefficient (Wildman–Crippen LogP) is -1.66. The fraction of sp³-hybridized carbons (Fsp3) is 0.714. The Morgan fingerprint density at radius 1 is 1.58 bits per heavy atom. The smallest absolute Gasteiger partial charge is 0.237 e. The van der Waals surface area contributed by atoms with Crippen LogP contribution in [0, 0.1) is 0 Å². The molecule has 1 saturated heterocycles. The number of nitrogens with one attached hydrogen (secondary N) is 2. The SMILES string of the molecule is NC(=O)CNC(=O)[C@@H]1CCCN1. The van der Waals surface area contributed by atoms with Gasteiger partial charge in [-0.2, -0.15) is 0 Å². The molecular weight excluding hydrogens is 158 g/mol. The van der Waals surface area contributed by atoms with E-state index in [1.165, 1.54) is 0 Å². The summed E-state index contributed by atoms with van der Waals surface area (Å²) in [6.07, 6.45) is 1.85. The third-order valence-corrected chi connectivity index (χ3v) is 1.81. The minimum absolute atomic E-state index is 0.0724. The highest BCUT2D eigenvalue weighted by Crippen LogP contribution is 2.03. The van der Waals surface area contributed by atoms with Gasteiger partial charge >= 0.3 is 0 Å². The monoisotopic (exact) mass is 171 g/mol. The molecule has 1 fully saturated rings. The molecule has 0 saturated carbocycles. The van der Waals surface area contributed by atoms with E-state index in [0.717, 1.165) is 19.4 Å². The van der Waals surface area contributed by atoms with E-state index in [0.29, 0.717) is 0 Å². The molecule has 1 atom stereocenters. The Morgan fingerprint density at radius 3 is 2.83 bits per heavy atom. The molecule has 1 heterocycles. The highest BCUT2D eigenvalue weighted by atomic mass is 16.2. The summed E-state index contributed by atoms with van der Waals surface area (Å²) in [6, 6.07) is -0.135. The number of rotatable bonds is 3. The van der Waals surface area contributed by atoms with E-state index in [1.807, 2.05) is 0 Å². The van der Waals surface area contributed by atoms with Crippen molar-refractivity contribution in [3.05, 3.63) is 0 Å². The lowest BCUT2D eigenvalue weighted by Crippen LogP contribution is -2.43.